The lowest BCUT2D eigenvalue weighted by molar-refractivity contribution is 0.448. The van der Waals surface area contributed by atoms with E-state index in [0.717, 1.165) is 5.56 Å². The normalized spacial score (nSPS) is 11.1. The second kappa shape index (κ2) is 4.94. The third-order valence-electron chi connectivity index (χ3n) is 3.17. The molecule has 0 aliphatic heterocycles. The number of aromatic hydroxyl groups is 1. The first-order valence-corrected chi connectivity index (χ1v) is 6.41. The van der Waals surface area contributed by atoms with Crippen LogP contribution in [0.2, 0.25) is 0 Å². The largest absolute Gasteiger partial charge is 0.507 e. The number of nitrogens with two attached hydrogens (primary N) is 2. The van der Waals surface area contributed by atoms with Gasteiger partial charge >= 0.3 is 0 Å². The maximum Gasteiger partial charge on any atom is 0.222 e. The average Bonchev–Trinajstić information content (AvgIpc) is 2.36. The third-order valence-corrected chi connectivity index (χ3v) is 3.17. The molecule has 2 rings (SSSR count). The van der Waals surface area contributed by atoms with Crippen molar-refractivity contribution in [3.05, 3.63) is 29.3 Å². The summed E-state index contributed by atoms with van der Waals surface area (Å²) in [5, 5.41) is 19.8. The number of hydrogen-bond donors (Lipinski definition) is 3. The van der Waals surface area contributed by atoms with Crippen molar-refractivity contribution in [2.45, 2.75) is 26.2 Å². The summed E-state index contributed by atoms with van der Waals surface area (Å²) in [6, 6.07) is 7.26. The number of aromatic nitrogens is 2. The molecular weight excluding hydrogens is 266 g/mol. The molecule has 0 saturated carbocycles. The third kappa shape index (κ3) is 2.58. The Morgan fingerprint density at radius 1 is 1.19 bits per heavy atom. The molecule has 0 amide bonds. The topological polar surface area (TPSA) is 122 Å². The molecular formula is C15H17N5O. The van der Waals surface area contributed by atoms with Gasteiger partial charge in [0.15, 0.2) is 0 Å². The molecule has 0 aliphatic carbocycles. The van der Waals surface area contributed by atoms with E-state index in [1.807, 2.05) is 32.9 Å². The summed E-state index contributed by atoms with van der Waals surface area (Å²) < 4.78 is 0. The maximum atomic E-state index is 10.5. The lowest BCUT2D eigenvalue weighted by atomic mass is 9.84. The zero-order chi connectivity index (χ0) is 15.8. The van der Waals surface area contributed by atoms with Gasteiger partial charge in [-0.1, -0.05) is 32.9 Å². The van der Waals surface area contributed by atoms with Crippen LogP contribution in [0.25, 0.3) is 11.3 Å². The zero-order valence-corrected chi connectivity index (χ0v) is 12.2. The standard InChI is InChI=1S/C15H17N5O/c1-15(2,3)10-6-4-5-8(12(10)21)11-9(7-16)13(17)20-14(18)19-11/h4-6,21H,1-3H3,(H4,17,18,19,20). The lowest BCUT2D eigenvalue weighted by Gasteiger charge is -2.22. The number of para-hydroxylation sites is 1. The van der Waals surface area contributed by atoms with E-state index in [-0.39, 0.29) is 34.2 Å². The molecule has 1 aromatic carbocycles. The smallest absolute Gasteiger partial charge is 0.222 e. The van der Waals surface area contributed by atoms with E-state index in [9.17, 15) is 10.4 Å². The monoisotopic (exact) mass is 283 g/mol. The second-order valence-corrected chi connectivity index (χ2v) is 5.75. The Balaban J connectivity index is 2.78. The van der Waals surface area contributed by atoms with Crippen molar-refractivity contribution in [3.8, 4) is 23.1 Å². The van der Waals surface area contributed by atoms with Crippen molar-refractivity contribution in [2.24, 2.45) is 0 Å². The molecule has 0 bridgehead atoms. The van der Waals surface area contributed by atoms with Crippen molar-refractivity contribution in [1.29, 1.82) is 5.26 Å². The van der Waals surface area contributed by atoms with Crippen LogP contribution in [0.5, 0.6) is 5.75 Å². The molecule has 1 heterocycles. The summed E-state index contributed by atoms with van der Waals surface area (Å²) in [7, 11) is 0. The average molecular weight is 283 g/mol. The number of phenols is 1. The Labute approximate surface area is 123 Å². The predicted molar refractivity (Wildman–Crippen MR) is 81.4 cm³/mol. The van der Waals surface area contributed by atoms with Crippen molar-refractivity contribution in [2.75, 3.05) is 11.5 Å². The number of phenolic OH excluding ortho intramolecular Hbond substituents is 1. The highest BCUT2D eigenvalue weighted by molar-refractivity contribution is 5.78. The van der Waals surface area contributed by atoms with Gasteiger partial charge < -0.3 is 16.6 Å². The van der Waals surface area contributed by atoms with Gasteiger partial charge in [-0.05, 0) is 17.0 Å². The van der Waals surface area contributed by atoms with Crippen LogP contribution in [0.1, 0.15) is 31.9 Å². The molecule has 0 fully saturated rings. The number of nitrogens with zero attached hydrogens (tertiary/aromatic N) is 3. The quantitative estimate of drug-likeness (QED) is 0.737. The highest BCUT2D eigenvalue weighted by atomic mass is 16.3. The fourth-order valence-corrected chi connectivity index (χ4v) is 2.14. The van der Waals surface area contributed by atoms with Crippen LogP contribution in [-0.4, -0.2) is 15.1 Å². The van der Waals surface area contributed by atoms with Crippen LogP contribution in [0, 0.1) is 11.3 Å². The van der Waals surface area contributed by atoms with Gasteiger partial charge in [-0.3, -0.25) is 0 Å². The van der Waals surface area contributed by atoms with Crippen LogP contribution in [0.3, 0.4) is 0 Å². The van der Waals surface area contributed by atoms with Gasteiger partial charge in [-0.2, -0.15) is 10.2 Å². The predicted octanol–water partition coefficient (Wildman–Crippen LogP) is 2.18. The lowest BCUT2D eigenvalue weighted by Crippen LogP contribution is -2.12. The van der Waals surface area contributed by atoms with Crippen LogP contribution in [0.4, 0.5) is 11.8 Å². The van der Waals surface area contributed by atoms with Crippen LogP contribution >= 0.6 is 0 Å². The summed E-state index contributed by atoms with van der Waals surface area (Å²) in [4.78, 5) is 7.83. The molecule has 1 aromatic heterocycles. The fourth-order valence-electron chi connectivity index (χ4n) is 2.14. The molecule has 0 unspecified atom stereocenters. The van der Waals surface area contributed by atoms with E-state index < -0.39 is 0 Å². The van der Waals surface area contributed by atoms with Gasteiger partial charge in [0.25, 0.3) is 0 Å². The first kappa shape index (κ1) is 14.6. The Bertz CT molecular complexity index is 741. The van der Waals surface area contributed by atoms with E-state index in [0.29, 0.717) is 5.56 Å². The first-order valence-electron chi connectivity index (χ1n) is 6.41. The molecule has 2 aromatic rings. The Kier molecular flexibility index (Phi) is 3.44. The van der Waals surface area contributed by atoms with E-state index in [1.54, 1.807) is 12.1 Å². The number of hydrogen-bond acceptors (Lipinski definition) is 6. The molecule has 0 spiro atoms. The fraction of sp³-hybridized carbons (Fsp3) is 0.267. The van der Waals surface area contributed by atoms with Crippen LogP contribution in [-0.2, 0) is 5.41 Å². The van der Waals surface area contributed by atoms with E-state index in [4.69, 9.17) is 11.5 Å². The number of nitrogen functional groups attached to an aromatic ring is 2. The molecule has 0 aliphatic rings. The Hall–Kier alpha value is -2.81. The molecule has 108 valence electrons. The zero-order valence-electron chi connectivity index (χ0n) is 12.2. The number of benzene rings is 1. The minimum absolute atomic E-state index is 0.000520. The minimum atomic E-state index is -0.253. The minimum Gasteiger partial charge on any atom is -0.507 e. The van der Waals surface area contributed by atoms with Gasteiger partial charge in [0.2, 0.25) is 5.95 Å². The summed E-state index contributed by atoms with van der Waals surface area (Å²) >= 11 is 0. The molecule has 21 heavy (non-hydrogen) atoms. The molecule has 0 radical (unpaired) electrons. The summed E-state index contributed by atoms with van der Waals surface area (Å²) in [5.41, 5.74) is 12.6. The van der Waals surface area contributed by atoms with Gasteiger partial charge in [0.1, 0.15) is 23.2 Å². The second-order valence-electron chi connectivity index (χ2n) is 5.75. The molecule has 0 atom stereocenters. The highest BCUT2D eigenvalue weighted by Crippen LogP contribution is 2.39. The molecule has 0 saturated heterocycles. The van der Waals surface area contributed by atoms with Gasteiger partial charge in [-0.25, -0.2) is 4.98 Å². The van der Waals surface area contributed by atoms with Crippen LogP contribution < -0.4 is 11.5 Å². The number of anilines is 2. The van der Waals surface area contributed by atoms with Gasteiger partial charge in [0.05, 0.1) is 5.69 Å². The number of rotatable bonds is 1. The molecule has 5 N–H and O–H groups in total. The van der Waals surface area contributed by atoms with Gasteiger partial charge in [-0.15, -0.1) is 0 Å². The van der Waals surface area contributed by atoms with E-state index in [1.165, 1.54) is 0 Å². The van der Waals surface area contributed by atoms with E-state index >= 15 is 0 Å². The van der Waals surface area contributed by atoms with Crippen molar-refractivity contribution in [1.82, 2.24) is 9.97 Å². The molecule has 6 nitrogen and oxygen atoms in total. The van der Waals surface area contributed by atoms with Crippen molar-refractivity contribution in [3.63, 3.8) is 0 Å². The molecule has 6 heteroatoms. The van der Waals surface area contributed by atoms with Crippen molar-refractivity contribution >= 4 is 11.8 Å². The Morgan fingerprint density at radius 3 is 2.43 bits per heavy atom. The maximum absolute atomic E-state index is 10.5. The first-order chi connectivity index (χ1) is 9.75. The number of nitriles is 1. The summed E-state index contributed by atoms with van der Waals surface area (Å²) in [6.45, 7) is 5.96. The summed E-state index contributed by atoms with van der Waals surface area (Å²) in [6.07, 6.45) is 0. The SMILES string of the molecule is CC(C)(C)c1cccc(-c2nc(N)nc(N)c2C#N)c1O. The van der Waals surface area contributed by atoms with E-state index in [2.05, 4.69) is 9.97 Å². The Morgan fingerprint density at radius 2 is 1.86 bits per heavy atom. The van der Waals surface area contributed by atoms with Crippen molar-refractivity contribution < 1.29 is 5.11 Å². The van der Waals surface area contributed by atoms with Crippen LogP contribution in [0.15, 0.2) is 18.2 Å². The highest BCUT2D eigenvalue weighted by Gasteiger charge is 2.23. The van der Waals surface area contributed by atoms with Gasteiger partial charge in [0, 0.05) is 5.56 Å². The summed E-state index contributed by atoms with van der Waals surface area (Å²) in [5.74, 6) is 0.0293.